The molecule has 0 spiro atoms. The first-order chi connectivity index (χ1) is 14.0. The van der Waals surface area contributed by atoms with E-state index in [4.69, 9.17) is 4.74 Å². The number of carbonyl (C=O) groups is 2. The summed E-state index contributed by atoms with van der Waals surface area (Å²) in [5, 5.41) is 11.9. The smallest absolute Gasteiger partial charge is 0.306 e. The first-order valence-corrected chi connectivity index (χ1v) is 9.91. The van der Waals surface area contributed by atoms with Crippen molar-refractivity contribution in [1.29, 1.82) is 0 Å². The molecule has 0 aliphatic heterocycles. The lowest BCUT2D eigenvalue weighted by atomic mass is 9.68. The number of carbonyl (C=O) groups excluding carboxylic acids is 1. The van der Waals surface area contributed by atoms with Crippen molar-refractivity contribution < 1.29 is 19.4 Å². The Balaban J connectivity index is 1.99. The van der Waals surface area contributed by atoms with Crippen LogP contribution < -0.4 is 0 Å². The predicted octanol–water partition coefficient (Wildman–Crippen LogP) is 5.17. The van der Waals surface area contributed by atoms with E-state index in [2.05, 4.69) is 36.4 Å². The number of ether oxygens (including phenoxy) is 1. The van der Waals surface area contributed by atoms with E-state index < -0.39 is 17.3 Å². The molecule has 1 aliphatic rings. The fourth-order valence-corrected chi connectivity index (χ4v) is 4.91. The molecule has 3 aromatic rings. The number of rotatable bonds is 7. The van der Waals surface area contributed by atoms with Crippen molar-refractivity contribution in [3.63, 3.8) is 0 Å². The molecular formula is C25H24O4. The van der Waals surface area contributed by atoms with E-state index in [1.54, 1.807) is 6.92 Å². The van der Waals surface area contributed by atoms with E-state index in [1.165, 1.54) is 0 Å². The van der Waals surface area contributed by atoms with Gasteiger partial charge in [0.05, 0.1) is 12.0 Å². The number of carboxylic acid groups (broad SMARTS) is 1. The summed E-state index contributed by atoms with van der Waals surface area (Å²) in [6.45, 7) is 4.08. The van der Waals surface area contributed by atoms with Gasteiger partial charge in [-0.1, -0.05) is 55.5 Å². The summed E-state index contributed by atoms with van der Waals surface area (Å²) in [6, 6.07) is 20.8. The molecule has 3 aromatic carbocycles. The maximum absolute atomic E-state index is 11.8. The molecule has 29 heavy (non-hydrogen) atoms. The highest BCUT2D eigenvalue weighted by Gasteiger charge is 2.46. The standard InChI is InChI=1S/C25H24O4/c1-16(24(27)28)13-25(14-17(2)29-15-26)22-10-6-5-9-20(22)21-11-18-7-3-4-8-19(18)12-23(21)25/h3-12,15-17H,13-14H2,1-2H3,(H,27,28). The second-order valence-corrected chi connectivity index (χ2v) is 8.06. The van der Waals surface area contributed by atoms with Crippen LogP contribution in [0.25, 0.3) is 21.9 Å². The van der Waals surface area contributed by atoms with Gasteiger partial charge in [0.2, 0.25) is 0 Å². The minimum Gasteiger partial charge on any atom is -0.481 e. The summed E-state index contributed by atoms with van der Waals surface area (Å²) in [6.07, 6.45) is 0.641. The minimum atomic E-state index is -0.819. The molecule has 0 amide bonds. The van der Waals surface area contributed by atoms with E-state index in [9.17, 15) is 14.7 Å². The maximum Gasteiger partial charge on any atom is 0.306 e. The van der Waals surface area contributed by atoms with Crippen LogP contribution in [0.4, 0.5) is 0 Å². The quantitative estimate of drug-likeness (QED) is 0.567. The third-order valence-corrected chi connectivity index (χ3v) is 6.13. The summed E-state index contributed by atoms with van der Waals surface area (Å²) in [4.78, 5) is 22.8. The molecule has 148 valence electrons. The van der Waals surface area contributed by atoms with Crippen LogP contribution in [-0.4, -0.2) is 23.7 Å². The summed E-state index contributed by atoms with van der Waals surface area (Å²) >= 11 is 0. The Bertz CT molecular complexity index is 1090. The second kappa shape index (κ2) is 7.36. The van der Waals surface area contributed by atoms with E-state index in [1.807, 2.05) is 31.2 Å². The zero-order valence-electron chi connectivity index (χ0n) is 16.6. The molecule has 4 nitrogen and oxygen atoms in total. The van der Waals surface area contributed by atoms with E-state index in [0.29, 0.717) is 19.3 Å². The third kappa shape index (κ3) is 3.19. The van der Waals surface area contributed by atoms with Crippen LogP contribution >= 0.6 is 0 Å². The fourth-order valence-electron chi connectivity index (χ4n) is 4.91. The molecule has 4 rings (SSSR count). The fraction of sp³-hybridized carbons (Fsp3) is 0.280. The van der Waals surface area contributed by atoms with Gasteiger partial charge in [0.15, 0.2) is 0 Å². The average Bonchev–Trinajstić information content (AvgIpc) is 2.96. The Hall–Kier alpha value is -3.14. The molecule has 3 atom stereocenters. The normalized spacial score (nSPS) is 19.2. The van der Waals surface area contributed by atoms with Crippen molar-refractivity contribution in [3.05, 3.63) is 71.8 Å². The molecule has 0 bridgehead atoms. The van der Waals surface area contributed by atoms with Crippen LogP contribution in [0.5, 0.6) is 0 Å². The summed E-state index contributed by atoms with van der Waals surface area (Å²) in [7, 11) is 0. The van der Waals surface area contributed by atoms with Gasteiger partial charge >= 0.3 is 5.97 Å². The molecule has 0 heterocycles. The van der Waals surface area contributed by atoms with Crippen molar-refractivity contribution in [1.82, 2.24) is 0 Å². The van der Waals surface area contributed by atoms with Crippen LogP contribution in [0.15, 0.2) is 60.7 Å². The number of carboxylic acids is 1. The van der Waals surface area contributed by atoms with Crippen LogP contribution in [0.3, 0.4) is 0 Å². The van der Waals surface area contributed by atoms with Crippen molar-refractivity contribution in [3.8, 4) is 11.1 Å². The number of aliphatic carboxylic acids is 1. The third-order valence-electron chi connectivity index (χ3n) is 6.13. The summed E-state index contributed by atoms with van der Waals surface area (Å²) < 4.78 is 5.26. The molecule has 3 unspecified atom stereocenters. The van der Waals surface area contributed by atoms with Gasteiger partial charge in [-0.25, -0.2) is 0 Å². The monoisotopic (exact) mass is 388 g/mol. The Labute approximate surface area is 170 Å². The van der Waals surface area contributed by atoms with Gasteiger partial charge in [-0.3, -0.25) is 9.59 Å². The molecule has 1 N–H and O–H groups in total. The molecule has 0 aromatic heterocycles. The van der Waals surface area contributed by atoms with Crippen molar-refractivity contribution >= 4 is 23.2 Å². The van der Waals surface area contributed by atoms with E-state index in [0.717, 1.165) is 33.0 Å². The largest absolute Gasteiger partial charge is 0.481 e. The van der Waals surface area contributed by atoms with Crippen molar-refractivity contribution in [2.45, 2.75) is 38.2 Å². The highest BCUT2D eigenvalue weighted by molar-refractivity contribution is 5.93. The van der Waals surface area contributed by atoms with Gasteiger partial charge in [0, 0.05) is 5.41 Å². The Morgan fingerprint density at radius 2 is 1.62 bits per heavy atom. The van der Waals surface area contributed by atoms with Crippen LogP contribution in [-0.2, 0) is 19.7 Å². The SMILES string of the molecule is CC(CC1(CC(C)C(=O)O)c2ccccc2-c2cc3ccccc3cc21)OC=O. The lowest BCUT2D eigenvalue weighted by Crippen LogP contribution is -2.34. The second-order valence-electron chi connectivity index (χ2n) is 8.06. The highest BCUT2D eigenvalue weighted by Crippen LogP contribution is 2.55. The summed E-state index contributed by atoms with van der Waals surface area (Å²) in [5.74, 6) is -1.36. The van der Waals surface area contributed by atoms with Crippen LogP contribution in [0.1, 0.15) is 37.8 Å². The Kier molecular flexibility index (Phi) is 4.87. The molecule has 0 saturated carbocycles. The number of fused-ring (bicyclic) bond motifs is 4. The number of hydrogen-bond donors (Lipinski definition) is 1. The van der Waals surface area contributed by atoms with Gasteiger partial charge in [0.25, 0.3) is 6.47 Å². The molecule has 0 fully saturated rings. The molecule has 4 heteroatoms. The molecular weight excluding hydrogens is 364 g/mol. The van der Waals surface area contributed by atoms with Gasteiger partial charge in [0.1, 0.15) is 0 Å². The average molecular weight is 388 g/mol. The van der Waals surface area contributed by atoms with E-state index >= 15 is 0 Å². The molecule has 0 radical (unpaired) electrons. The zero-order valence-corrected chi connectivity index (χ0v) is 16.6. The Morgan fingerprint density at radius 3 is 2.31 bits per heavy atom. The topological polar surface area (TPSA) is 63.6 Å². The first kappa shape index (κ1) is 19.2. The van der Waals surface area contributed by atoms with Crippen molar-refractivity contribution in [2.75, 3.05) is 0 Å². The van der Waals surface area contributed by atoms with E-state index in [-0.39, 0.29) is 6.10 Å². The molecule has 1 aliphatic carbocycles. The lowest BCUT2D eigenvalue weighted by molar-refractivity contribution is -0.142. The van der Waals surface area contributed by atoms with Crippen LogP contribution in [0, 0.1) is 5.92 Å². The number of hydrogen-bond acceptors (Lipinski definition) is 3. The number of benzene rings is 3. The van der Waals surface area contributed by atoms with Gasteiger partial charge in [-0.2, -0.15) is 0 Å². The summed E-state index contributed by atoms with van der Waals surface area (Å²) in [5.41, 5.74) is 3.96. The minimum absolute atomic E-state index is 0.334. The zero-order chi connectivity index (χ0) is 20.6. The Morgan fingerprint density at radius 1 is 0.966 bits per heavy atom. The predicted molar refractivity (Wildman–Crippen MR) is 113 cm³/mol. The lowest BCUT2D eigenvalue weighted by Gasteiger charge is -2.35. The first-order valence-electron chi connectivity index (χ1n) is 9.91. The molecule has 0 saturated heterocycles. The van der Waals surface area contributed by atoms with Crippen molar-refractivity contribution in [2.24, 2.45) is 5.92 Å². The maximum atomic E-state index is 11.8. The highest BCUT2D eigenvalue weighted by atomic mass is 16.5. The van der Waals surface area contributed by atoms with Gasteiger partial charge < -0.3 is 9.84 Å². The van der Waals surface area contributed by atoms with Gasteiger partial charge in [-0.15, -0.1) is 0 Å². The van der Waals surface area contributed by atoms with Gasteiger partial charge in [-0.05, 0) is 64.9 Å². The van der Waals surface area contributed by atoms with Crippen LogP contribution in [0.2, 0.25) is 0 Å².